The minimum Gasteiger partial charge on any atom is -0.491 e. The number of fused-ring (bicyclic) bond motifs is 2. The van der Waals surface area contributed by atoms with Crippen LogP contribution in [0.15, 0.2) is 29.9 Å². The summed E-state index contributed by atoms with van der Waals surface area (Å²) in [6, 6.07) is 5.14. The Kier molecular flexibility index (Phi) is 4.48. The number of aromatic nitrogens is 3. The molecule has 2 N–H and O–H groups in total. The Morgan fingerprint density at radius 1 is 1.50 bits per heavy atom. The normalized spacial score (nSPS) is 15.2. The molecule has 2 aromatic heterocycles. The summed E-state index contributed by atoms with van der Waals surface area (Å²) in [5.74, 6) is 0.756. The standard InChI is InChI=1S/C17H19N5O3S/c1-11(14-8-22-17(20-14)26-10-18-22)19-16(24)21-4-5-25-15-3-2-12(9-23)6-13(15)7-21/h2-3,6,8,10-11,23H,4-5,7,9H2,1H3,(H,19,24)/t11-/m1/s1. The van der Waals surface area contributed by atoms with Gasteiger partial charge in [0.2, 0.25) is 4.96 Å². The lowest BCUT2D eigenvalue weighted by Gasteiger charge is -2.22. The number of hydrogen-bond acceptors (Lipinski definition) is 6. The van der Waals surface area contributed by atoms with E-state index < -0.39 is 0 Å². The maximum atomic E-state index is 12.7. The van der Waals surface area contributed by atoms with Gasteiger partial charge in [-0.3, -0.25) is 0 Å². The molecule has 0 bridgehead atoms. The number of aliphatic hydroxyl groups excluding tert-OH is 1. The van der Waals surface area contributed by atoms with Gasteiger partial charge in [-0.25, -0.2) is 14.3 Å². The van der Waals surface area contributed by atoms with Gasteiger partial charge in [0.05, 0.1) is 37.6 Å². The number of rotatable bonds is 3. The molecule has 1 aromatic carbocycles. The van der Waals surface area contributed by atoms with Crippen LogP contribution in [-0.2, 0) is 13.2 Å². The molecular weight excluding hydrogens is 354 g/mol. The predicted molar refractivity (Wildman–Crippen MR) is 96.1 cm³/mol. The van der Waals surface area contributed by atoms with Crippen LogP contribution in [0.3, 0.4) is 0 Å². The van der Waals surface area contributed by atoms with Crippen LogP contribution in [0.25, 0.3) is 4.96 Å². The molecule has 1 aliphatic rings. The van der Waals surface area contributed by atoms with E-state index in [1.165, 1.54) is 11.3 Å². The van der Waals surface area contributed by atoms with Crippen molar-refractivity contribution < 1.29 is 14.6 Å². The number of aliphatic hydroxyl groups is 1. The molecule has 26 heavy (non-hydrogen) atoms. The first-order valence-corrected chi connectivity index (χ1v) is 9.21. The van der Waals surface area contributed by atoms with Gasteiger partial charge in [0.15, 0.2) is 0 Å². The fraction of sp³-hybridized carbons (Fsp3) is 0.353. The van der Waals surface area contributed by atoms with Crippen LogP contribution < -0.4 is 10.1 Å². The zero-order chi connectivity index (χ0) is 18.1. The molecule has 2 amide bonds. The lowest BCUT2D eigenvalue weighted by molar-refractivity contribution is 0.184. The highest BCUT2D eigenvalue weighted by Gasteiger charge is 2.22. The van der Waals surface area contributed by atoms with Gasteiger partial charge < -0.3 is 20.1 Å². The minimum absolute atomic E-state index is 0.0397. The van der Waals surface area contributed by atoms with Crippen molar-refractivity contribution in [3.05, 3.63) is 46.7 Å². The first-order valence-electron chi connectivity index (χ1n) is 8.33. The van der Waals surface area contributed by atoms with E-state index in [-0.39, 0.29) is 18.7 Å². The summed E-state index contributed by atoms with van der Waals surface area (Å²) in [5.41, 5.74) is 4.19. The van der Waals surface area contributed by atoms with Crippen LogP contribution >= 0.6 is 11.3 Å². The average Bonchev–Trinajstić information content (AvgIpc) is 3.17. The van der Waals surface area contributed by atoms with E-state index in [1.807, 2.05) is 31.3 Å². The maximum absolute atomic E-state index is 12.7. The smallest absolute Gasteiger partial charge is 0.318 e. The monoisotopic (exact) mass is 373 g/mol. The SMILES string of the molecule is C[C@@H](NC(=O)N1CCOc2ccc(CO)cc2C1)c1cn2ncsc2n1. The quantitative estimate of drug-likeness (QED) is 0.732. The number of imidazole rings is 1. The van der Waals surface area contributed by atoms with E-state index in [2.05, 4.69) is 15.4 Å². The Balaban J connectivity index is 1.47. The van der Waals surface area contributed by atoms with Crippen LogP contribution in [0.4, 0.5) is 4.79 Å². The fourth-order valence-electron chi connectivity index (χ4n) is 2.93. The molecule has 3 aromatic rings. The van der Waals surface area contributed by atoms with Crippen molar-refractivity contribution >= 4 is 22.3 Å². The number of hydrogen-bond donors (Lipinski definition) is 2. The van der Waals surface area contributed by atoms with Crippen molar-refractivity contribution in [1.29, 1.82) is 0 Å². The summed E-state index contributed by atoms with van der Waals surface area (Å²) in [6.45, 7) is 3.21. The zero-order valence-electron chi connectivity index (χ0n) is 14.3. The highest BCUT2D eigenvalue weighted by atomic mass is 32.1. The minimum atomic E-state index is -0.233. The zero-order valence-corrected chi connectivity index (χ0v) is 15.1. The number of nitrogens with one attached hydrogen (secondary N) is 1. The molecule has 0 saturated carbocycles. The van der Waals surface area contributed by atoms with Crippen LogP contribution in [0.1, 0.15) is 29.8 Å². The molecule has 1 aliphatic heterocycles. The highest BCUT2D eigenvalue weighted by molar-refractivity contribution is 7.14. The summed E-state index contributed by atoms with van der Waals surface area (Å²) < 4.78 is 7.43. The Hall–Kier alpha value is -2.65. The molecule has 9 heteroatoms. The van der Waals surface area contributed by atoms with E-state index in [4.69, 9.17) is 4.74 Å². The molecule has 3 heterocycles. The molecule has 0 saturated heterocycles. The Bertz CT molecular complexity index is 909. The molecule has 0 fully saturated rings. The van der Waals surface area contributed by atoms with E-state index in [1.54, 1.807) is 14.9 Å². The fourth-order valence-corrected chi connectivity index (χ4v) is 3.54. The van der Waals surface area contributed by atoms with Crippen molar-refractivity contribution in [2.45, 2.75) is 26.1 Å². The number of benzene rings is 1. The van der Waals surface area contributed by atoms with Gasteiger partial charge in [0.1, 0.15) is 17.9 Å². The number of urea groups is 1. The Morgan fingerprint density at radius 3 is 3.19 bits per heavy atom. The topological polar surface area (TPSA) is 92.0 Å². The number of ether oxygens (including phenoxy) is 1. The summed E-state index contributed by atoms with van der Waals surface area (Å²) in [6.07, 6.45) is 1.82. The lowest BCUT2D eigenvalue weighted by Crippen LogP contribution is -2.41. The molecule has 8 nitrogen and oxygen atoms in total. The second kappa shape index (κ2) is 6.93. The second-order valence-electron chi connectivity index (χ2n) is 6.17. The molecule has 136 valence electrons. The van der Waals surface area contributed by atoms with E-state index in [0.717, 1.165) is 27.5 Å². The number of amides is 2. The van der Waals surface area contributed by atoms with Crippen LogP contribution in [-0.4, -0.2) is 43.8 Å². The second-order valence-corrected chi connectivity index (χ2v) is 6.98. The van der Waals surface area contributed by atoms with Gasteiger partial charge in [-0.2, -0.15) is 5.10 Å². The predicted octanol–water partition coefficient (Wildman–Crippen LogP) is 1.95. The van der Waals surface area contributed by atoms with Gasteiger partial charge in [-0.05, 0) is 24.6 Å². The molecule has 0 spiro atoms. The van der Waals surface area contributed by atoms with Gasteiger partial charge in [-0.1, -0.05) is 17.4 Å². The average molecular weight is 373 g/mol. The molecule has 0 radical (unpaired) electrons. The van der Waals surface area contributed by atoms with Crippen molar-refractivity contribution in [3.63, 3.8) is 0 Å². The van der Waals surface area contributed by atoms with Crippen molar-refractivity contribution in [2.24, 2.45) is 0 Å². The van der Waals surface area contributed by atoms with Crippen LogP contribution in [0, 0.1) is 0 Å². The number of carbonyl (C=O) groups excluding carboxylic acids is 1. The van der Waals surface area contributed by atoms with Gasteiger partial charge in [0, 0.05) is 5.56 Å². The third kappa shape index (κ3) is 3.23. The third-order valence-corrected chi connectivity index (χ3v) is 5.05. The van der Waals surface area contributed by atoms with Crippen molar-refractivity contribution in [1.82, 2.24) is 24.8 Å². The van der Waals surface area contributed by atoms with Gasteiger partial charge in [-0.15, -0.1) is 0 Å². The van der Waals surface area contributed by atoms with Crippen molar-refractivity contribution in [2.75, 3.05) is 13.2 Å². The van der Waals surface area contributed by atoms with Gasteiger partial charge >= 0.3 is 6.03 Å². The third-order valence-electron chi connectivity index (χ3n) is 4.36. The Labute approximate surface area is 154 Å². The van der Waals surface area contributed by atoms with E-state index >= 15 is 0 Å². The van der Waals surface area contributed by atoms with E-state index in [0.29, 0.717) is 19.7 Å². The lowest BCUT2D eigenvalue weighted by atomic mass is 10.1. The number of nitrogens with zero attached hydrogens (tertiary/aromatic N) is 4. The van der Waals surface area contributed by atoms with Gasteiger partial charge in [0.25, 0.3) is 0 Å². The van der Waals surface area contributed by atoms with E-state index in [9.17, 15) is 9.90 Å². The number of carbonyl (C=O) groups is 1. The molecule has 0 aliphatic carbocycles. The molecule has 1 atom stereocenters. The first-order chi connectivity index (χ1) is 12.6. The summed E-state index contributed by atoms with van der Waals surface area (Å²) in [5, 5.41) is 16.5. The molecule has 4 rings (SSSR count). The maximum Gasteiger partial charge on any atom is 0.318 e. The molecular formula is C17H19N5O3S. The van der Waals surface area contributed by atoms with Crippen LogP contribution in [0.2, 0.25) is 0 Å². The van der Waals surface area contributed by atoms with Crippen LogP contribution in [0.5, 0.6) is 5.75 Å². The summed E-state index contributed by atoms with van der Waals surface area (Å²) in [7, 11) is 0. The summed E-state index contributed by atoms with van der Waals surface area (Å²) in [4.78, 5) is 19.7. The first kappa shape index (κ1) is 16.8. The summed E-state index contributed by atoms with van der Waals surface area (Å²) >= 11 is 1.45. The Morgan fingerprint density at radius 2 is 2.38 bits per heavy atom. The molecule has 0 unspecified atom stereocenters. The largest absolute Gasteiger partial charge is 0.491 e. The highest BCUT2D eigenvalue weighted by Crippen LogP contribution is 2.25. The van der Waals surface area contributed by atoms with Crippen molar-refractivity contribution in [3.8, 4) is 5.75 Å².